The molecular formula is C30H33BrN4. The van der Waals surface area contributed by atoms with Gasteiger partial charge in [-0.1, -0.05) is 66.7 Å². The Kier molecular flexibility index (Phi) is 9.18. The second kappa shape index (κ2) is 12.7. The SMILES string of the molecule is Br.c1ccc(CN(Cc2ccc(CNCc3ccccn3)cc2)C2CCCc3cccnc32)cc1. The van der Waals surface area contributed by atoms with Gasteiger partial charge in [0.25, 0.3) is 0 Å². The molecule has 4 nitrogen and oxygen atoms in total. The van der Waals surface area contributed by atoms with Gasteiger partial charge in [0.05, 0.1) is 17.4 Å². The number of aryl methyl sites for hydroxylation is 1. The van der Waals surface area contributed by atoms with E-state index < -0.39 is 0 Å². The van der Waals surface area contributed by atoms with Crippen molar-refractivity contribution in [3.8, 4) is 0 Å². The van der Waals surface area contributed by atoms with Crippen LogP contribution in [0, 0.1) is 0 Å². The smallest absolute Gasteiger partial charge is 0.0607 e. The van der Waals surface area contributed by atoms with Crippen molar-refractivity contribution in [1.29, 1.82) is 0 Å². The highest BCUT2D eigenvalue weighted by atomic mass is 79.9. The normalized spacial score (nSPS) is 14.8. The standard InChI is InChI=1S/C30H32N4.BrH/c1-2-8-25(9-3-1)22-34(29-13-6-10-27-11-7-19-33-30(27)29)23-26-16-14-24(15-17-26)20-31-21-28-12-4-5-18-32-28;/h1-5,7-9,11-12,14-19,29,31H,6,10,13,20-23H2;1H. The Bertz CT molecular complexity index is 1170. The molecule has 1 N–H and O–H groups in total. The number of fused-ring (bicyclic) bond motifs is 1. The molecule has 0 fully saturated rings. The van der Waals surface area contributed by atoms with E-state index in [0.29, 0.717) is 6.04 Å². The Balaban J connectivity index is 0.00000289. The predicted molar refractivity (Wildman–Crippen MR) is 147 cm³/mol. The summed E-state index contributed by atoms with van der Waals surface area (Å²) >= 11 is 0. The summed E-state index contributed by atoms with van der Waals surface area (Å²) in [6.45, 7) is 3.46. The van der Waals surface area contributed by atoms with E-state index in [0.717, 1.165) is 44.7 Å². The van der Waals surface area contributed by atoms with Crippen molar-refractivity contribution in [1.82, 2.24) is 20.2 Å². The first-order chi connectivity index (χ1) is 16.8. The van der Waals surface area contributed by atoms with E-state index >= 15 is 0 Å². The third-order valence-electron chi connectivity index (χ3n) is 6.60. The first-order valence-corrected chi connectivity index (χ1v) is 12.3. The van der Waals surface area contributed by atoms with Gasteiger partial charge in [-0.25, -0.2) is 0 Å². The molecule has 1 aliphatic rings. The van der Waals surface area contributed by atoms with E-state index in [4.69, 9.17) is 4.98 Å². The number of hydrogen-bond acceptors (Lipinski definition) is 4. The molecule has 1 atom stereocenters. The fourth-order valence-corrected chi connectivity index (χ4v) is 4.87. The Labute approximate surface area is 219 Å². The molecule has 0 saturated carbocycles. The molecule has 0 bridgehead atoms. The maximum absolute atomic E-state index is 4.82. The van der Waals surface area contributed by atoms with Gasteiger partial charge in [0.2, 0.25) is 0 Å². The van der Waals surface area contributed by atoms with E-state index in [2.05, 4.69) is 88.0 Å². The van der Waals surface area contributed by atoms with Crippen LogP contribution in [-0.2, 0) is 32.6 Å². The molecule has 0 aliphatic heterocycles. The zero-order valence-electron chi connectivity index (χ0n) is 20.0. The monoisotopic (exact) mass is 528 g/mol. The van der Waals surface area contributed by atoms with E-state index in [-0.39, 0.29) is 17.0 Å². The van der Waals surface area contributed by atoms with Crippen molar-refractivity contribution in [2.24, 2.45) is 0 Å². The van der Waals surface area contributed by atoms with Gasteiger partial charge in [0.15, 0.2) is 0 Å². The summed E-state index contributed by atoms with van der Waals surface area (Å²) in [5.74, 6) is 0. The maximum atomic E-state index is 4.82. The minimum atomic E-state index is 0. The Morgan fingerprint density at radius 3 is 2.20 bits per heavy atom. The molecule has 2 aromatic carbocycles. The van der Waals surface area contributed by atoms with Crippen molar-refractivity contribution in [2.75, 3.05) is 0 Å². The number of hydrogen-bond donors (Lipinski definition) is 1. The van der Waals surface area contributed by atoms with E-state index in [1.54, 1.807) is 0 Å². The number of halogens is 1. The van der Waals surface area contributed by atoms with E-state index in [1.807, 2.05) is 24.5 Å². The fraction of sp³-hybridized carbons (Fsp3) is 0.267. The van der Waals surface area contributed by atoms with Crippen molar-refractivity contribution >= 4 is 17.0 Å². The molecule has 0 amide bonds. The number of aromatic nitrogens is 2. The summed E-state index contributed by atoms with van der Waals surface area (Å²) in [7, 11) is 0. The molecular weight excluding hydrogens is 496 g/mol. The van der Waals surface area contributed by atoms with Crippen LogP contribution in [0.4, 0.5) is 0 Å². The lowest BCUT2D eigenvalue weighted by atomic mass is 9.90. The van der Waals surface area contributed by atoms with Crippen molar-refractivity contribution in [3.63, 3.8) is 0 Å². The molecule has 5 rings (SSSR count). The lowest BCUT2D eigenvalue weighted by molar-refractivity contribution is 0.157. The average molecular weight is 530 g/mol. The first kappa shape index (κ1) is 25.2. The molecule has 5 heteroatoms. The first-order valence-electron chi connectivity index (χ1n) is 12.3. The van der Waals surface area contributed by atoms with Crippen LogP contribution in [-0.4, -0.2) is 14.9 Å². The topological polar surface area (TPSA) is 41.0 Å². The quantitative estimate of drug-likeness (QED) is 0.272. The van der Waals surface area contributed by atoms with E-state index in [9.17, 15) is 0 Å². The van der Waals surface area contributed by atoms with Crippen molar-refractivity contribution in [2.45, 2.75) is 51.5 Å². The number of nitrogens with one attached hydrogen (secondary N) is 1. The van der Waals surface area contributed by atoms with Crippen LogP contribution in [0.15, 0.2) is 97.3 Å². The molecule has 2 aromatic heterocycles. The number of rotatable bonds is 9. The molecule has 35 heavy (non-hydrogen) atoms. The van der Waals surface area contributed by atoms with Gasteiger partial charge >= 0.3 is 0 Å². The third-order valence-corrected chi connectivity index (χ3v) is 6.60. The predicted octanol–water partition coefficient (Wildman–Crippen LogP) is 6.42. The third kappa shape index (κ3) is 6.85. The van der Waals surface area contributed by atoms with Gasteiger partial charge in [-0.2, -0.15) is 0 Å². The number of benzene rings is 2. The largest absolute Gasteiger partial charge is 0.307 e. The molecule has 180 valence electrons. The lowest BCUT2D eigenvalue weighted by Gasteiger charge is -2.35. The second-order valence-corrected chi connectivity index (χ2v) is 9.09. The minimum Gasteiger partial charge on any atom is -0.307 e. The van der Waals surface area contributed by atoms with Gasteiger partial charge < -0.3 is 5.32 Å². The lowest BCUT2D eigenvalue weighted by Crippen LogP contribution is -2.31. The molecule has 1 aliphatic carbocycles. The summed E-state index contributed by atoms with van der Waals surface area (Å²) in [5, 5.41) is 3.49. The van der Waals surface area contributed by atoms with Crippen LogP contribution in [0.3, 0.4) is 0 Å². The van der Waals surface area contributed by atoms with Crippen LogP contribution in [0.1, 0.15) is 52.5 Å². The number of pyridine rings is 2. The average Bonchev–Trinajstić information content (AvgIpc) is 2.90. The Morgan fingerprint density at radius 2 is 1.43 bits per heavy atom. The Morgan fingerprint density at radius 1 is 0.714 bits per heavy atom. The zero-order chi connectivity index (χ0) is 23.0. The molecule has 0 spiro atoms. The summed E-state index contributed by atoms with van der Waals surface area (Å²) < 4.78 is 0. The van der Waals surface area contributed by atoms with Crippen molar-refractivity contribution < 1.29 is 0 Å². The van der Waals surface area contributed by atoms with Crippen LogP contribution >= 0.6 is 17.0 Å². The van der Waals surface area contributed by atoms with Crippen LogP contribution in [0.5, 0.6) is 0 Å². The highest BCUT2D eigenvalue weighted by Gasteiger charge is 2.27. The van der Waals surface area contributed by atoms with Crippen LogP contribution < -0.4 is 5.32 Å². The highest BCUT2D eigenvalue weighted by molar-refractivity contribution is 8.93. The zero-order valence-corrected chi connectivity index (χ0v) is 21.7. The number of nitrogens with zero attached hydrogens (tertiary/aromatic N) is 3. The van der Waals surface area contributed by atoms with E-state index in [1.165, 1.54) is 34.4 Å². The van der Waals surface area contributed by atoms with Crippen LogP contribution in [0.25, 0.3) is 0 Å². The summed E-state index contributed by atoms with van der Waals surface area (Å²) in [4.78, 5) is 11.8. The van der Waals surface area contributed by atoms with Gasteiger partial charge in [0.1, 0.15) is 0 Å². The van der Waals surface area contributed by atoms with Gasteiger partial charge in [-0.15, -0.1) is 17.0 Å². The van der Waals surface area contributed by atoms with Crippen LogP contribution in [0.2, 0.25) is 0 Å². The fourth-order valence-electron chi connectivity index (χ4n) is 4.87. The summed E-state index contributed by atoms with van der Waals surface area (Å²) in [6.07, 6.45) is 7.30. The molecule has 2 heterocycles. The maximum Gasteiger partial charge on any atom is 0.0607 e. The van der Waals surface area contributed by atoms with Gasteiger partial charge in [0, 0.05) is 38.6 Å². The molecule has 0 saturated heterocycles. The molecule has 4 aromatic rings. The second-order valence-electron chi connectivity index (χ2n) is 9.09. The van der Waals surface area contributed by atoms with Gasteiger partial charge in [-0.3, -0.25) is 14.9 Å². The summed E-state index contributed by atoms with van der Waals surface area (Å²) in [5.41, 5.74) is 7.72. The minimum absolute atomic E-state index is 0. The highest BCUT2D eigenvalue weighted by Crippen LogP contribution is 2.34. The van der Waals surface area contributed by atoms with Crippen molar-refractivity contribution in [3.05, 3.63) is 131 Å². The molecule has 0 radical (unpaired) electrons. The van der Waals surface area contributed by atoms with Gasteiger partial charge in [-0.05, 0) is 59.7 Å². The molecule has 1 unspecified atom stereocenters. The summed E-state index contributed by atoms with van der Waals surface area (Å²) in [6, 6.07) is 30.6. The Hall–Kier alpha value is -2.86.